The third-order valence-electron chi connectivity index (χ3n) is 3.71. The predicted octanol–water partition coefficient (Wildman–Crippen LogP) is 3.21. The summed E-state index contributed by atoms with van der Waals surface area (Å²) in [6, 6.07) is 8.95. The van der Waals surface area contributed by atoms with Crippen molar-refractivity contribution >= 4 is 22.2 Å². The lowest BCUT2D eigenvalue weighted by atomic mass is 10.1. The van der Waals surface area contributed by atoms with Gasteiger partial charge in [0, 0.05) is 24.7 Å². The average Bonchev–Trinajstić information content (AvgIpc) is 3.08. The van der Waals surface area contributed by atoms with Crippen LogP contribution in [-0.4, -0.2) is 18.6 Å². The Hall–Kier alpha value is -1.59. The first-order valence-electron chi connectivity index (χ1n) is 6.83. The Morgan fingerprint density at radius 2 is 2.20 bits per heavy atom. The molecule has 1 aliphatic rings. The molecule has 0 aliphatic carbocycles. The predicted molar refractivity (Wildman–Crippen MR) is 83.0 cm³/mol. The summed E-state index contributed by atoms with van der Waals surface area (Å²) >= 11 is 1.52. The van der Waals surface area contributed by atoms with Gasteiger partial charge in [-0.2, -0.15) is 0 Å². The van der Waals surface area contributed by atoms with Gasteiger partial charge in [0.15, 0.2) is 5.13 Å². The summed E-state index contributed by atoms with van der Waals surface area (Å²) in [7, 11) is 1.72. The van der Waals surface area contributed by atoms with Crippen molar-refractivity contribution in [2.75, 3.05) is 24.3 Å². The van der Waals surface area contributed by atoms with Crippen LogP contribution in [-0.2, 0) is 11.3 Å². The molecule has 0 bridgehead atoms. The van der Waals surface area contributed by atoms with Crippen LogP contribution in [0.4, 0.5) is 10.8 Å². The van der Waals surface area contributed by atoms with Gasteiger partial charge in [-0.15, -0.1) is 11.3 Å². The van der Waals surface area contributed by atoms with Gasteiger partial charge in [-0.25, -0.2) is 4.98 Å². The zero-order chi connectivity index (χ0) is 13.9. The molecule has 2 aromatic rings. The first-order chi connectivity index (χ1) is 9.78. The molecule has 3 rings (SSSR count). The minimum atomic E-state index is 0.358. The second kappa shape index (κ2) is 5.81. The van der Waals surface area contributed by atoms with Crippen molar-refractivity contribution in [1.82, 2.24) is 4.98 Å². The summed E-state index contributed by atoms with van der Waals surface area (Å²) in [5.74, 6) is 0. The number of methoxy groups -OCH3 is 1. The number of nitrogens with two attached hydrogens (primary N) is 1. The number of hydrogen-bond acceptors (Lipinski definition) is 5. The molecule has 1 aromatic heterocycles. The number of rotatable bonds is 4. The summed E-state index contributed by atoms with van der Waals surface area (Å²) in [6.45, 7) is 1.73. The summed E-state index contributed by atoms with van der Waals surface area (Å²) in [5.41, 5.74) is 9.31. The molecular weight excluding hydrogens is 270 g/mol. The minimum absolute atomic E-state index is 0.358. The zero-order valence-corrected chi connectivity index (χ0v) is 12.4. The van der Waals surface area contributed by atoms with Crippen molar-refractivity contribution in [3.63, 3.8) is 0 Å². The molecule has 1 saturated heterocycles. The van der Waals surface area contributed by atoms with Gasteiger partial charge < -0.3 is 15.4 Å². The van der Waals surface area contributed by atoms with E-state index in [2.05, 4.69) is 39.5 Å². The number of nitrogens with zero attached hydrogens (tertiary/aromatic N) is 2. The normalized spacial score (nSPS) is 18.6. The van der Waals surface area contributed by atoms with Gasteiger partial charge in [0.25, 0.3) is 0 Å². The first kappa shape index (κ1) is 13.4. The van der Waals surface area contributed by atoms with Crippen LogP contribution in [0.2, 0.25) is 0 Å². The molecule has 1 fully saturated rings. The highest BCUT2D eigenvalue weighted by molar-refractivity contribution is 7.13. The second-order valence-electron chi connectivity index (χ2n) is 5.06. The fraction of sp³-hybridized carbons (Fsp3) is 0.400. The van der Waals surface area contributed by atoms with Gasteiger partial charge in [-0.05, 0) is 30.5 Å². The highest BCUT2D eigenvalue weighted by Gasteiger charge is 2.27. The fourth-order valence-electron chi connectivity index (χ4n) is 2.79. The van der Waals surface area contributed by atoms with E-state index in [4.69, 9.17) is 10.5 Å². The average molecular weight is 289 g/mol. The number of benzene rings is 1. The molecule has 0 amide bonds. The van der Waals surface area contributed by atoms with E-state index < -0.39 is 0 Å². The Balaban J connectivity index is 1.81. The van der Waals surface area contributed by atoms with Crippen molar-refractivity contribution < 1.29 is 4.74 Å². The molecule has 2 N–H and O–H groups in total. The maximum atomic E-state index is 5.76. The molecule has 0 unspecified atom stereocenters. The van der Waals surface area contributed by atoms with E-state index in [1.54, 1.807) is 7.11 Å². The van der Waals surface area contributed by atoms with Gasteiger partial charge in [0.1, 0.15) is 0 Å². The lowest BCUT2D eigenvalue weighted by Gasteiger charge is -2.25. The number of aromatic nitrogens is 1. The van der Waals surface area contributed by atoms with Crippen LogP contribution in [0, 0.1) is 0 Å². The van der Waals surface area contributed by atoms with Crippen LogP contribution >= 0.6 is 11.3 Å². The smallest absolute Gasteiger partial charge is 0.180 e. The summed E-state index contributed by atoms with van der Waals surface area (Å²) in [5, 5.41) is 2.74. The molecule has 1 aromatic carbocycles. The van der Waals surface area contributed by atoms with Crippen LogP contribution in [0.1, 0.15) is 30.1 Å². The molecule has 0 radical (unpaired) electrons. The van der Waals surface area contributed by atoms with Crippen molar-refractivity contribution in [2.24, 2.45) is 0 Å². The molecule has 0 saturated carbocycles. The zero-order valence-electron chi connectivity index (χ0n) is 11.6. The minimum Gasteiger partial charge on any atom is -0.380 e. The van der Waals surface area contributed by atoms with E-state index >= 15 is 0 Å². The highest BCUT2D eigenvalue weighted by atomic mass is 32.1. The Morgan fingerprint density at radius 1 is 1.40 bits per heavy atom. The number of hydrogen-bond donors (Lipinski definition) is 1. The topological polar surface area (TPSA) is 51.4 Å². The molecule has 20 heavy (non-hydrogen) atoms. The summed E-state index contributed by atoms with van der Waals surface area (Å²) in [6.07, 6.45) is 2.34. The quantitative estimate of drug-likeness (QED) is 0.939. The largest absolute Gasteiger partial charge is 0.380 e. The van der Waals surface area contributed by atoms with Crippen molar-refractivity contribution in [3.8, 4) is 0 Å². The van der Waals surface area contributed by atoms with Crippen molar-refractivity contribution in [1.29, 1.82) is 0 Å². The molecule has 5 heteroatoms. The van der Waals surface area contributed by atoms with Crippen LogP contribution in [0.5, 0.6) is 0 Å². The molecule has 2 heterocycles. The van der Waals surface area contributed by atoms with Crippen LogP contribution in [0.25, 0.3) is 0 Å². The van der Waals surface area contributed by atoms with Crippen LogP contribution in [0.15, 0.2) is 29.6 Å². The van der Waals surface area contributed by atoms with E-state index in [1.807, 2.05) is 0 Å². The lowest BCUT2D eigenvalue weighted by Crippen LogP contribution is -2.22. The Kier molecular flexibility index (Phi) is 3.89. The third kappa shape index (κ3) is 2.64. The SMILES string of the molecule is COCc1ccc(N2CCC[C@@H]2c2csc(N)n2)cc1. The molecule has 0 spiro atoms. The van der Waals surface area contributed by atoms with Gasteiger partial charge in [0.05, 0.1) is 18.3 Å². The molecule has 4 nitrogen and oxygen atoms in total. The lowest BCUT2D eigenvalue weighted by molar-refractivity contribution is 0.185. The second-order valence-corrected chi connectivity index (χ2v) is 5.95. The Morgan fingerprint density at radius 3 is 2.85 bits per heavy atom. The Bertz CT molecular complexity index is 567. The third-order valence-corrected chi connectivity index (χ3v) is 4.41. The Labute approximate surface area is 123 Å². The fourth-order valence-corrected chi connectivity index (χ4v) is 3.40. The van der Waals surface area contributed by atoms with E-state index in [0.717, 1.165) is 18.7 Å². The van der Waals surface area contributed by atoms with E-state index in [0.29, 0.717) is 17.8 Å². The molecule has 106 valence electrons. The van der Waals surface area contributed by atoms with Gasteiger partial charge >= 0.3 is 0 Å². The molecular formula is C15H19N3OS. The highest BCUT2D eigenvalue weighted by Crippen LogP contribution is 2.36. The summed E-state index contributed by atoms with van der Waals surface area (Å²) in [4.78, 5) is 6.87. The van der Waals surface area contributed by atoms with Crippen LogP contribution in [0.3, 0.4) is 0 Å². The summed E-state index contributed by atoms with van der Waals surface area (Å²) < 4.78 is 5.15. The van der Waals surface area contributed by atoms with Gasteiger partial charge in [-0.1, -0.05) is 12.1 Å². The van der Waals surface area contributed by atoms with Crippen molar-refractivity contribution in [2.45, 2.75) is 25.5 Å². The van der Waals surface area contributed by atoms with E-state index in [1.165, 1.54) is 29.0 Å². The maximum Gasteiger partial charge on any atom is 0.180 e. The number of ether oxygens (including phenoxy) is 1. The van der Waals surface area contributed by atoms with E-state index in [-0.39, 0.29) is 0 Å². The van der Waals surface area contributed by atoms with Gasteiger partial charge in [-0.3, -0.25) is 0 Å². The van der Waals surface area contributed by atoms with Crippen molar-refractivity contribution in [3.05, 3.63) is 40.9 Å². The number of thiazole rings is 1. The molecule has 1 aliphatic heterocycles. The monoisotopic (exact) mass is 289 g/mol. The number of anilines is 2. The number of nitrogen functional groups attached to an aromatic ring is 1. The van der Waals surface area contributed by atoms with Gasteiger partial charge in [0.2, 0.25) is 0 Å². The first-order valence-corrected chi connectivity index (χ1v) is 7.71. The molecule has 1 atom stereocenters. The maximum absolute atomic E-state index is 5.76. The van der Waals surface area contributed by atoms with E-state index in [9.17, 15) is 0 Å². The standard InChI is InChI=1S/C15H19N3OS/c1-19-9-11-4-6-12(7-5-11)18-8-2-3-14(18)13-10-20-15(16)17-13/h4-7,10,14H,2-3,8-9H2,1H3,(H2,16,17)/t14-/m1/s1. The van der Waals surface area contributed by atoms with Crippen LogP contribution < -0.4 is 10.6 Å².